The lowest BCUT2D eigenvalue weighted by Gasteiger charge is -2.39. The molecule has 3 aromatic carbocycles. The van der Waals surface area contributed by atoms with Crippen LogP contribution in [0.5, 0.6) is 0 Å². The fourth-order valence-corrected chi connectivity index (χ4v) is 4.09. The van der Waals surface area contributed by atoms with Gasteiger partial charge in [-0.3, -0.25) is 0 Å². The second-order valence-corrected chi connectivity index (χ2v) is 7.83. The Morgan fingerprint density at radius 3 is 2.48 bits per heavy atom. The summed E-state index contributed by atoms with van der Waals surface area (Å²) in [5.41, 5.74) is 4.81. The van der Waals surface area contributed by atoms with Crippen molar-refractivity contribution in [2.45, 2.75) is 12.5 Å². The van der Waals surface area contributed by atoms with Gasteiger partial charge in [-0.15, -0.1) is 0 Å². The molecule has 0 saturated carbocycles. The van der Waals surface area contributed by atoms with Crippen molar-refractivity contribution in [1.82, 2.24) is 4.90 Å². The number of aliphatic hydroxyl groups excluding tert-OH is 1. The van der Waals surface area contributed by atoms with Gasteiger partial charge in [-0.25, -0.2) is 4.99 Å². The Labute approximate surface area is 178 Å². The number of aliphatic hydroxyl groups is 1. The Kier molecular flexibility index (Phi) is 5.75. The van der Waals surface area contributed by atoms with Crippen LogP contribution in [0, 0.1) is 11.3 Å². The van der Waals surface area contributed by atoms with Crippen LogP contribution in [0.4, 0.5) is 5.69 Å². The van der Waals surface area contributed by atoms with Crippen LogP contribution in [0.3, 0.4) is 0 Å². The van der Waals surface area contributed by atoms with E-state index in [2.05, 4.69) is 45.1 Å². The Morgan fingerprint density at radius 1 is 1.03 bits per heavy atom. The third-order valence-electron chi connectivity index (χ3n) is 5.04. The normalized spacial score (nSPS) is 15.4. The molecule has 1 aliphatic heterocycles. The van der Waals surface area contributed by atoms with E-state index in [4.69, 9.17) is 10.3 Å². The number of nitriles is 1. The van der Waals surface area contributed by atoms with Crippen molar-refractivity contribution in [3.63, 3.8) is 0 Å². The number of aliphatic imine (C=N–C) groups is 1. The Hall–Kier alpha value is -2.94. The summed E-state index contributed by atoms with van der Waals surface area (Å²) in [4.78, 5) is 7.23. The van der Waals surface area contributed by atoms with E-state index in [9.17, 15) is 5.11 Å². The average molecular weight is 446 g/mol. The highest BCUT2D eigenvalue weighted by molar-refractivity contribution is 9.10. The minimum atomic E-state index is -0.0154. The Bertz CT molecular complexity index is 1070. The fourth-order valence-electron chi connectivity index (χ4n) is 3.71. The van der Waals surface area contributed by atoms with Gasteiger partial charge in [-0.2, -0.15) is 5.26 Å². The third kappa shape index (κ3) is 3.95. The van der Waals surface area contributed by atoms with Gasteiger partial charge in [0.05, 0.1) is 23.4 Å². The molecule has 0 saturated heterocycles. The van der Waals surface area contributed by atoms with Crippen molar-refractivity contribution in [1.29, 1.82) is 5.26 Å². The summed E-state index contributed by atoms with van der Waals surface area (Å²) < 4.78 is 1.01. The molecule has 0 aliphatic carbocycles. The number of hydrogen-bond donors (Lipinski definition) is 1. The van der Waals surface area contributed by atoms with Crippen LogP contribution in [-0.2, 0) is 0 Å². The lowest BCUT2D eigenvalue weighted by molar-refractivity contribution is 0.254. The number of nitrogens with zero attached hydrogens (tertiary/aromatic N) is 3. The predicted molar refractivity (Wildman–Crippen MR) is 118 cm³/mol. The molecule has 1 N–H and O–H groups in total. The molecule has 0 amide bonds. The minimum absolute atomic E-state index is 0.0154. The number of amidine groups is 1. The van der Waals surface area contributed by atoms with Gasteiger partial charge in [0, 0.05) is 28.8 Å². The molecule has 0 aromatic heterocycles. The SMILES string of the molecule is N#Cc1ccc(C2=Nc3ccc(Br)cc3C(c3ccccc3)N2CCCO)cc1. The van der Waals surface area contributed by atoms with Crippen molar-refractivity contribution in [3.05, 3.63) is 99.5 Å². The van der Waals surface area contributed by atoms with E-state index >= 15 is 0 Å². The first kappa shape index (κ1) is 19.4. The van der Waals surface area contributed by atoms with Crippen molar-refractivity contribution in [3.8, 4) is 6.07 Å². The molecule has 4 nitrogen and oxygen atoms in total. The molecule has 0 fully saturated rings. The van der Waals surface area contributed by atoms with E-state index < -0.39 is 0 Å². The second kappa shape index (κ2) is 8.60. The fraction of sp³-hybridized carbons (Fsp3) is 0.167. The third-order valence-corrected chi connectivity index (χ3v) is 5.53. The standard InChI is InChI=1S/C24H20BrN3O/c25-20-11-12-22-21(15-20)23(18-5-2-1-3-6-18)28(13-4-14-29)24(27-22)19-9-7-17(16-26)8-10-19/h1-3,5-12,15,23,29H,4,13-14H2. The van der Waals surface area contributed by atoms with Crippen LogP contribution in [0.25, 0.3) is 0 Å². The highest BCUT2D eigenvalue weighted by Gasteiger charge is 2.31. The van der Waals surface area contributed by atoms with Gasteiger partial charge in [0.2, 0.25) is 0 Å². The molecule has 0 bridgehead atoms. The predicted octanol–water partition coefficient (Wildman–Crippen LogP) is 5.19. The van der Waals surface area contributed by atoms with Gasteiger partial charge in [-0.1, -0.05) is 46.3 Å². The van der Waals surface area contributed by atoms with Gasteiger partial charge >= 0.3 is 0 Å². The second-order valence-electron chi connectivity index (χ2n) is 6.91. The topological polar surface area (TPSA) is 59.6 Å². The first-order valence-electron chi connectivity index (χ1n) is 9.52. The summed E-state index contributed by atoms with van der Waals surface area (Å²) in [5.74, 6) is 0.853. The molecule has 0 spiro atoms. The molecule has 0 radical (unpaired) electrons. The summed E-state index contributed by atoms with van der Waals surface area (Å²) in [6.45, 7) is 0.783. The first-order valence-corrected chi connectivity index (χ1v) is 10.3. The number of hydrogen-bond acceptors (Lipinski definition) is 4. The van der Waals surface area contributed by atoms with E-state index in [-0.39, 0.29) is 12.6 Å². The smallest absolute Gasteiger partial charge is 0.137 e. The highest BCUT2D eigenvalue weighted by atomic mass is 79.9. The molecule has 4 rings (SSSR count). The van der Waals surface area contributed by atoms with Crippen LogP contribution in [0.1, 0.15) is 34.7 Å². The summed E-state index contributed by atoms with van der Waals surface area (Å²) in [6.07, 6.45) is 0.641. The molecule has 144 valence electrons. The summed E-state index contributed by atoms with van der Waals surface area (Å²) in [7, 11) is 0. The van der Waals surface area contributed by atoms with Gasteiger partial charge in [0.1, 0.15) is 5.84 Å². The number of rotatable bonds is 5. The van der Waals surface area contributed by atoms with Crippen LogP contribution >= 0.6 is 15.9 Å². The molecule has 5 heteroatoms. The van der Waals surface area contributed by atoms with Crippen LogP contribution in [0.15, 0.2) is 82.3 Å². The zero-order valence-corrected chi connectivity index (χ0v) is 17.4. The molecule has 1 aliphatic rings. The zero-order valence-electron chi connectivity index (χ0n) is 15.8. The Morgan fingerprint density at radius 2 is 1.79 bits per heavy atom. The number of fused-ring (bicyclic) bond motifs is 1. The van der Waals surface area contributed by atoms with Gasteiger partial charge in [0.25, 0.3) is 0 Å². The molecule has 3 aromatic rings. The van der Waals surface area contributed by atoms with Crippen molar-refractivity contribution in [2.24, 2.45) is 4.99 Å². The quantitative estimate of drug-likeness (QED) is 0.587. The van der Waals surface area contributed by atoms with Crippen LogP contribution in [-0.4, -0.2) is 29.0 Å². The lowest BCUT2D eigenvalue weighted by atomic mass is 9.92. The number of benzene rings is 3. The maximum Gasteiger partial charge on any atom is 0.137 e. The molecule has 1 atom stereocenters. The van der Waals surface area contributed by atoms with Crippen molar-refractivity contribution in [2.75, 3.05) is 13.2 Å². The minimum Gasteiger partial charge on any atom is -0.396 e. The molecule has 1 heterocycles. The van der Waals surface area contributed by atoms with Gasteiger partial charge < -0.3 is 10.0 Å². The summed E-state index contributed by atoms with van der Waals surface area (Å²) in [5, 5.41) is 18.6. The average Bonchev–Trinajstić information content (AvgIpc) is 2.77. The van der Waals surface area contributed by atoms with E-state index in [1.165, 1.54) is 5.56 Å². The largest absolute Gasteiger partial charge is 0.396 e. The molecule has 1 unspecified atom stereocenters. The van der Waals surface area contributed by atoms with Crippen molar-refractivity contribution >= 4 is 27.5 Å². The van der Waals surface area contributed by atoms with E-state index in [1.54, 1.807) is 0 Å². The zero-order chi connectivity index (χ0) is 20.2. The summed E-state index contributed by atoms with van der Waals surface area (Å²) in [6, 6.07) is 26.2. The molecular formula is C24H20BrN3O. The lowest BCUT2D eigenvalue weighted by Crippen LogP contribution is -2.39. The maximum atomic E-state index is 9.51. The molecule has 29 heavy (non-hydrogen) atoms. The highest BCUT2D eigenvalue weighted by Crippen LogP contribution is 2.41. The van der Waals surface area contributed by atoms with Crippen LogP contribution < -0.4 is 0 Å². The Balaban J connectivity index is 1.90. The monoisotopic (exact) mass is 445 g/mol. The van der Waals surface area contributed by atoms with E-state index in [0.717, 1.165) is 27.1 Å². The van der Waals surface area contributed by atoms with Gasteiger partial charge in [0.15, 0.2) is 0 Å². The number of halogens is 1. The first-order chi connectivity index (χ1) is 14.2. The van der Waals surface area contributed by atoms with E-state index in [1.807, 2.05) is 54.6 Å². The van der Waals surface area contributed by atoms with Crippen molar-refractivity contribution < 1.29 is 5.11 Å². The maximum absolute atomic E-state index is 9.51. The van der Waals surface area contributed by atoms with E-state index in [0.29, 0.717) is 18.5 Å². The molecular weight excluding hydrogens is 426 g/mol. The van der Waals surface area contributed by atoms with Gasteiger partial charge in [-0.05, 0) is 54.4 Å². The summed E-state index contributed by atoms with van der Waals surface area (Å²) >= 11 is 3.60. The van der Waals surface area contributed by atoms with Crippen LogP contribution in [0.2, 0.25) is 0 Å².